The highest BCUT2D eigenvalue weighted by atomic mass is 14.9. The van der Waals surface area contributed by atoms with Crippen LogP contribution in [0.1, 0.15) is 13.3 Å². The summed E-state index contributed by atoms with van der Waals surface area (Å²) in [5, 5.41) is 3.30. The molecule has 0 fully saturated rings. The topological polar surface area (TPSA) is 50.4 Å². The first-order chi connectivity index (χ1) is 5.79. The van der Waals surface area contributed by atoms with E-state index in [0.717, 1.165) is 19.5 Å². The zero-order valence-electron chi connectivity index (χ0n) is 7.38. The second-order valence-corrected chi connectivity index (χ2v) is 2.89. The number of hydrogen-bond acceptors (Lipinski definition) is 3. The zero-order valence-corrected chi connectivity index (χ0v) is 7.38. The van der Waals surface area contributed by atoms with Gasteiger partial charge in [-0.1, -0.05) is 11.6 Å². The maximum absolute atomic E-state index is 5.61. The summed E-state index contributed by atoms with van der Waals surface area (Å²) in [7, 11) is 0. The molecule has 0 amide bonds. The third-order valence-corrected chi connectivity index (χ3v) is 1.61. The molecule has 0 aliphatic carbocycles. The Labute approximate surface area is 73.1 Å². The Morgan fingerprint density at radius 2 is 2.42 bits per heavy atom. The molecule has 3 heteroatoms. The molecule has 0 atom stereocenters. The van der Waals surface area contributed by atoms with Crippen molar-refractivity contribution in [3.63, 3.8) is 0 Å². The van der Waals surface area contributed by atoms with Gasteiger partial charge in [-0.2, -0.15) is 0 Å². The van der Waals surface area contributed by atoms with Crippen LogP contribution in [0.3, 0.4) is 0 Å². The number of nitrogens with one attached hydrogen (secondary N) is 1. The minimum atomic E-state index is 0.576. The smallest absolute Gasteiger partial charge is 0.123 e. The van der Waals surface area contributed by atoms with Crippen molar-refractivity contribution in [3.05, 3.63) is 23.9 Å². The van der Waals surface area contributed by atoms with Crippen LogP contribution in [0, 0.1) is 0 Å². The average molecular weight is 165 g/mol. The van der Waals surface area contributed by atoms with E-state index in [1.165, 1.54) is 5.57 Å². The van der Waals surface area contributed by atoms with Crippen molar-refractivity contribution in [2.24, 2.45) is 10.7 Å². The van der Waals surface area contributed by atoms with Crippen molar-refractivity contribution < 1.29 is 0 Å². The normalized spacial score (nSPS) is 31.1. The second-order valence-electron chi connectivity index (χ2n) is 2.89. The van der Waals surface area contributed by atoms with Gasteiger partial charge in [-0.05, 0) is 26.0 Å². The monoisotopic (exact) mass is 165 g/mol. The fourth-order valence-electron chi connectivity index (χ4n) is 1.03. The van der Waals surface area contributed by atoms with Gasteiger partial charge in [0.25, 0.3) is 0 Å². The highest BCUT2D eigenvalue weighted by molar-refractivity contribution is 5.92. The lowest BCUT2D eigenvalue weighted by Gasteiger charge is -2.04. The lowest BCUT2D eigenvalue weighted by atomic mass is 10.2. The molecule has 1 rings (SSSR count). The van der Waals surface area contributed by atoms with Gasteiger partial charge in [0.2, 0.25) is 0 Å². The van der Waals surface area contributed by atoms with E-state index in [4.69, 9.17) is 5.73 Å². The van der Waals surface area contributed by atoms with Crippen LogP contribution in [-0.2, 0) is 0 Å². The maximum Gasteiger partial charge on any atom is 0.123 e. The van der Waals surface area contributed by atoms with Gasteiger partial charge < -0.3 is 11.1 Å². The van der Waals surface area contributed by atoms with E-state index < -0.39 is 0 Å². The summed E-state index contributed by atoms with van der Waals surface area (Å²) < 4.78 is 0. The molecular formula is C9H15N3. The van der Waals surface area contributed by atoms with E-state index in [9.17, 15) is 0 Å². The SMILES string of the molecule is C\C1=C/C(N)=N\C=C\CCNC1. The number of amidine groups is 1. The summed E-state index contributed by atoms with van der Waals surface area (Å²) in [6, 6.07) is 0. The van der Waals surface area contributed by atoms with Gasteiger partial charge in [0.15, 0.2) is 0 Å². The van der Waals surface area contributed by atoms with Gasteiger partial charge in [-0.3, -0.25) is 0 Å². The summed E-state index contributed by atoms with van der Waals surface area (Å²) in [5.41, 5.74) is 6.82. The molecule has 0 aromatic rings. The quantitative estimate of drug-likeness (QED) is 0.557. The second kappa shape index (κ2) is 4.72. The average Bonchev–Trinajstić information content (AvgIpc) is 2.02. The molecule has 1 aliphatic rings. The summed E-state index contributed by atoms with van der Waals surface area (Å²) in [6.45, 7) is 3.93. The van der Waals surface area contributed by atoms with E-state index >= 15 is 0 Å². The Balaban J connectivity index is 2.69. The minimum Gasteiger partial charge on any atom is -0.384 e. The van der Waals surface area contributed by atoms with E-state index in [-0.39, 0.29) is 0 Å². The van der Waals surface area contributed by atoms with Gasteiger partial charge in [0, 0.05) is 12.7 Å². The van der Waals surface area contributed by atoms with Crippen LogP contribution in [-0.4, -0.2) is 18.9 Å². The van der Waals surface area contributed by atoms with Crippen LogP contribution in [0.15, 0.2) is 28.9 Å². The zero-order chi connectivity index (χ0) is 8.81. The predicted octanol–water partition coefficient (Wildman–Crippen LogP) is 0.797. The molecule has 0 unspecified atom stereocenters. The summed E-state index contributed by atoms with van der Waals surface area (Å²) in [6.07, 6.45) is 6.66. The molecule has 1 heterocycles. The Morgan fingerprint density at radius 3 is 3.25 bits per heavy atom. The standard InChI is InChI=1S/C9H15N3/c1-8-6-9(10)12-5-3-2-4-11-7-8/h3,5-6,11H,2,4,7H2,1H3,(H2,10,12)/b5-3+,8-6+. The van der Waals surface area contributed by atoms with Crippen LogP contribution < -0.4 is 11.1 Å². The van der Waals surface area contributed by atoms with Gasteiger partial charge in [0.05, 0.1) is 0 Å². The van der Waals surface area contributed by atoms with E-state index in [1.807, 2.05) is 19.1 Å². The molecule has 3 N–H and O–H groups in total. The third kappa shape index (κ3) is 3.34. The largest absolute Gasteiger partial charge is 0.384 e. The summed E-state index contributed by atoms with van der Waals surface area (Å²) in [4.78, 5) is 4.05. The molecule has 0 saturated carbocycles. The minimum absolute atomic E-state index is 0.576. The molecule has 1 aliphatic heterocycles. The molecule has 0 aromatic heterocycles. The van der Waals surface area contributed by atoms with Crippen molar-refractivity contribution in [2.75, 3.05) is 13.1 Å². The van der Waals surface area contributed by atoms with Gasteiger partial charge in [-0.15, -0.1) is 0 Å². The maximum atomic E-state index is 5.61. The molecule has 12 heavy (non-hydrogen) atoms. The Bertz CT molecular complexity index is 226. The molecule has 3 nitrogen and oxygen atoms in total. The Hall–Kier alpha value is -1.09. The van der Waals surface area contributed by atoms with Crippen LogP contribution in [0.25, 0.3) is 0 Å². The molecule has 0 radical (unpaired) electrons. The van der Waals surface area contributed by atoms with Crippen LogP contribution in [0.4, 0.5) is 0 Å². The van der Waals surface area contributed by atoms with Crippen LogP contribution >= 0.6 is 0 Å². The highest BCUT2D eigenvalue weighted by Crippen LogP contribution is 1.93. The Kier molecular flexibility index (Phi) is 3.54. The van der Waals surface area contributed by atoms with Crippen molar-refractivity contribution in [1.82, 2.24) is 5.32 Å². The summed E-state index contributed by atoms with van der Waals surface area (Å²) in [5.74, 6) is 0.576. The van der Waals surface area contributed by atoms with Crippen LogP contribution in [0.2, 0.25) is 0 Å². The highest BCUT2D eigenvalue weighted by Gasteiger charge is 1.92. The van der Waals surface area contributed by atoms with Gasteiger partial charge in [-0.25, -0.2) is 4.99 Å². The van der Waals surface area contributed by atoms with Crippen molar-refractivity contribution in [3.8, 4) is 0 Å². The van der Waals surface area contributed by atoms with Crippen LogP contribution in [0.5, 0.6) is 0 Å². The van der Waals surface area contributed by atoms with E-state index in [1.54, 1.807) is 6.20 Å². The lowest BCUT2D eigenvalue weighted by Crippen LogP contribution is -2.19. The molecular weight excluding hydrogens is 150 g/mol. The fraction of sp³-hybridized carbons (Fsp3) is 0.444. The van der Waals surface area contributed by atoms with Crippen molar-refractivity contribution >= 4 is 5.84 Å². The number of aliphatic imine (C=N–C) groups is 1. The van der Waals surface area contributed by atoms with Gasteiger partial charge in [0.1, 0.15) is 5.84 Å². The van der Waals surface area contributed by atoms with Crippen molar-refractivity contribution in [2.45, 2.75) is 13.3 Å². The third-order valence-electron chi connectivity index (χ3n) is 1.61. The number of nitrogens with two attached hydrogens (primary N) is 1. The number of rotatable bonds is 0. The molecule has 0 bridgehead atoms. The predicted molar refractivity (Wildman–Crippen MR) is 52.0 cm³/mol. The first-order valence-electron chi connectivity index (χ1n) is 4.15. The molecule has 0 spiro atoms. The van der Waals surface area contributed by atoms with E-state index in [2.05, 4.69) is 10.3 Å². The molecule has 66 valence electrons. The van der Waals surface area contributed by atoms with E-state index in [0.29, 0.717) is 5.84 Å². The first kappa shape index (κ1) is 9.00. The number of nitrogens with zero attached hydrogens (tertiary/aromatic N) is 1. The molecule has 0 aromatic carbocycles. The van der Waals surface area contributed by atoms with Crippen molar-refractivity contribution in [1.29, 1.82) is 0 Å². The fourth-order valence-corrected chi connectivity index (χ4v) is 1.03. The first-order valence-corrected chi connectivity index (χ1v) is 4.15. The summed E-state index contributed by atoms with van der Waals surface area (Å²) >= 11 is 0. The Morgan fingerprint density at radius 1 is 1.58 bits per heavy atom. The van der Waals surface area contributed by atoms with Gasteiger partial charge >= 0.3 is 0 Å². The lowest BCUT2D eigenvalue weighted by molar-refractivity contribution is 0.737. The number of hydrogen-bond donors (Lipinski definition) is 2. The molecule has 0 saturated heterocycles.